The number of carbonyl (C=O) groups is 2. The van der Waals surface area contributed by atoms with Crippen LogP contribution in [0.1, 0.15) is 15.9 Å². The molecule has 2 aromatic rings. The fourth-order valence-corrected chi connectivity index (χ4v) is 2.37. The van der Waals surface area contributed by atoms with Gasteiger partial charge < -0.3 is 10.6 Å². The Morgan fingerprint density at radius 3 is 2.59 bits per heavy atom. The third-order valence-electron chi connectivity index (χ3n) is 3.41. The van der Waals surface area contributed by atoms with E-state index in [9.17, 15) is 19.7 Å². The minimum atomic E-state index is -0.578. The first kappa shape index (κ1) is 19.9. The Morgan fingerprint density at radius 2 is 1.93 bits per heavy atom. The van der Waals surface area contributed by atoms with Gasteiger partial charge >= 0.3 is 0 Å². The van der Waals surface area contributed by atoms with E-state index in [4.69, 9.17) is 11.6 Å². The predicted molar refractivity (Wildman–Crippen MR) is 103 cm³/mol. The second-order valence-electron chi connectivity index (χ2n) is 5.34. The number of non-ortho nitro benzene ring substituents is 1. The molecule has 0 unspecified atom stereocenters. The molecule has 27 heavy (non-hydrogen) atoms. The highest BCUT2D eigenvalue weighted by Crippen LogP contribution is 2.17. The minimum Gasteiger partial charge on any atom is -0.347 e. The number of nitrogens with one attached hydrogen (secondary N) is 2. The second-order valence-corrected chi connectivity index (χ2v) is 5.75. The zero-order chi connectivity index (χ0) is 19.8. The number of hydrogen-bond acceptors (Lipinski definition) is 4. The standard InChI is InChI=1S/C19H16ClN3O4/c1-2-10-21-19(25)17(12-13-6-5-7-14(11-13)23(26)27)22-18(24)15-8-3-4-9-16(15)20/h2-9,11-12H,1,10H2,(H,21,25)(H,22,24)/b17-12-. The first-order chi connectivity index (χ1) is 12.9. The van der Waals surface area contributed by atoms with Gasteiger partial charge in [0.15, 0.2) is 0 Å². The molecule has 0 bridgehead atoms. The fourth-order valence-electron chi connectivity index (χ4n) is 2.15. The van der Waals surface area contributed by atoms with Gasteiger partial charge in [0, 0.05) is 18.7 Å². The monoisotopic (exact) mass is 385 g/mol. The van der Waals surface area contributed by atoms with Gasteiger partial charge in [0.05, 0.1) is 15.5 Å². The molecule has 2 rings (SSSR count). The molecule has 0 saturated carbocycles. The van der Waals surface area contributed by atoms with Crippen LogP contribution in [0, 0.1) is 10.1 Å². The van der Waals surface area contributed by atoms with Crippen molar-refractivity contribution in [3.63, 3.8) is 0 Å². The zero-order valence-corrected chi connectivity index (χ0v) is 14.9. The van der Waals surface area contributed by atoms with Gasteiger partial charge in [-0.2, -0.15) is 0 Å². The van der Waals surface area contributed by atoms with Crippen LogP contribution in [0.5, 0.6) is 0 Å². The third-order valence-corrected chi connectivity index (χ3v) is 3.74. The maximum atomic E-state index is 12.5. The van der Waals surface area contributed by atoms with Crippen molar-refractivity contribution in [2.24, 2.45) is 0 Å². The molecule has 2 N–H and O–H groups in total. The van der Waals surface area contributed by atoms with Crippen molar-refractivity contribution in [2.75, 3.05) is 6.54 Å². The topological polar surface area (TPSA) is 101 Å². The van der Waals surface area contributed by atoms with Gasteiger partial charge in [-0.1, -0.05) is 41.9 Å². The molecule has 0 heterocycles. The Hall–Kier alpha value is -3.45. The molecule has 0 aliphatic carbocycles. The Morgan fingerprint density at radius 1 is 1.19 bits per heavy atom. The van der Waals surface area contributed by atoms with E-state index in [2.05, 4.69) is 17.2 Å². The molecule has 2 amide bonds. The summed E-state index contributed by atoms with van der Waals surface area (Å²) in [5, 5.41) is 16.2. The summed E-state index contributed by atoms with van der Waals surface area (Å²) >= 11 is 6.01. The fraction of sp³-hybridized carbons (Fsp3) is 0.0526. The lowest BCUT2D eigenvalue weighted by Crippen LogP contribution is -2.35. The number of hydrogen-bond donors (Lipinski definition) is 2. The van der Waals surface area contributed by atoms with Gasteiger partial charge in [0.2, 0.25) is 0 Å². The first-order valence-electron chi connectivity index (χ1n) is 7.83. The number of amides is 2. The highest BCUT2D eigenvalue weighted by atomic mass is 35.5. The number of carbonyl (C=O) groups excluding carboxylic acids is 2. The van der Waals surface area contributed by atoms with E-state index < -0.39 is 16.7 Å². The van der Waals surface area contributed by atoms with Gasteiger partial charge in [-0.05, 0) is 23.8 Å². The van der Waals surface area contributed by atoms with Crippen LogP contribution in [-0.4, -0.2) is 23.3 Å². The quantitative estimate of drug-likeness (QED) is 0.330. The van der Waals surface area contributed by atoms with E-state index in [-0.39, 0.29) is 28.5 Å². The predicted octanol–water partition coefficient (Wildman–Crippen LogP) is 3.32. The lowest BCUT2D eigenvalue weighted by atomic mass is 10.1. The number of benzene rings is 2. The first-order valence-corrected chi connectivity index (χ1v) is 8.21. The van der Waals surface area contributed by atoms with Gasteiger partial charge in [-0.15, -0.1) is 6.58 Å². The van der Waals surface area contributed by atoms with E-state index in [0.29, 0.717) is 5.56 Å². The minimum absolute atomic E-state index is 0.0812. The van der Waals surface area contributed by atoms with Crippen molar-refractivity contribution >= 4 is 35.2 Å². The van der Waals surface area contributed by atoms with Gasteiger partial charge in [0.25, 0.3) is 17.5 Å². The molecule has 0 saturated heterocycles. The van der Waals surface area contributed by atoms with Crippen molar-refractivity contribution in [2.45, 2.75) is 0 Å². The average molecular weight is 386 g/mol. The number of nitro benzene ring substituents is 1. The van der Waals surface area contributed by atoms with Gasteiger partial charge in [0.1, 0.15) is 5.70 Å². The molecule has 8 heteroatoms. The molecule has 138 valence electrons. The molecule has 0 fully saturated rings. The molecule has 0 aromatic heterocycles. The average Bonchev–Trinajstić information content (AvgIpc) is 2.66. The maximum absolute atomic E-state index is 12.5. The van der Waals surface area contributed by atoms with Crippen molar-refractivity contribution in [3.8, 4) is 0 Å². The van der Waals surface area contributed by atoms with Crippen LogP contribution in [0.2, 0.25) is 5.02 Å². The summed E-state index contributed by atoms with van der Waals surface area (Å²) in [6.45, 7) is 3.70. The lowest BCUT2D eigenvalue weighted by Gasteiger charge is -2.11. The Kier molecular flexibility index (Phi) is 6.85. The smallest absolute Gasteiger partial charge is 0.270 e. The summed E-state index contributed by atoms with van der Waals surface area (Å²) in [7, 11) is 0. The molecule has 0 aliphatic rings. The van der Waals surface area contributed by atoms with Crippen LogP contribution in [0.25, 0.3) is 6.08 Å². The van der Waals surface area contributed by atoms with Gasteiger partial charge in [-0.3, -0.25) is 19.7 Å². The zero-order valence-electron chi connectivity index (χ0n) is 14.1. The molecule has 0 aliphatic heterocycles. The number of nitro groups is 1. The molecule has 2 aromatic carbocycles. The van der Waals surface area contributed by atoms with E-state index >= 15 is 0 Å². The number of halogens is 1. The van der Waals surface area contributed by atoms with Crippen LogP contribution >= 0.6 is 11.6 Å². The lowest BCUT2D eigenvalue weighted by molar-refractivity contribution is -0.384. The Balaban J connectivity index is 2.36. The highest BCUT2D eigenvalue weighted by molar-refractivity contribution is 6.34. The summed E-state index contributed by atoms with van der Waals surface area (Å²) in [5.74, 6) is -1.15. The van der Waals surface area contributed by atoms with Crippen molar-refractivity contribution in [3.05, 3.63) is 93.1 Å². The van der Waals surface area contributed by atoms with Crippen LogP contribution < -0.4 is 10.6 Å². The summed E-state index contributed by atoms with van der Waals surface area (Å²) in [5.41, 5.74) is 0.363. The van der Waals surface area contributed by atoms with Gasteiger partial charge in [-0.25, -0.2) is 0 Å². The SMILES string of the molecule is C=CCNC(=O)/C(=C/c1cccc([N+](=O)[O-])c1)NC(=O)c1ccccc1Cl. The normalized spacial score (nSPS) is 10.8. The second kappa shape index (κ2) is 9.30. The molecule has 0 spiro atoms. The van der Waals surface area contributed by atoms with Crippen LogP contribution in [0.3, 0.4) is 0 Å². The number of nitrogens with zero attached hydrogens (tertiary/aromatic N) is 1. The molecule has 7 nitrogen and oxygen atoms in total. The maximum Gasteiger partial charge on any atom is 0.270 e. The van der Waals surface area contributed by atoms with E-state index in [1.165, 1.54) is 36.4 Å². The largest absolute Gasteiger partial charge is 0.347 e. The Labute approximate surface area is 160 Å². The number of rotatable bonds is 7. The van der Waals surface area contributed by atoms with Crippen LogP contribution in [-0.2, 0) is 4.79 Å². The summed E-state index contributed by atoms with van der Waals surface area (Å²) < 4.78 is 0. The van der Waals surface area contributed by atoms with Crippen molar-refractivity contribution in [1.82, 2.24) is 10.6 Å². The highest BCUT2D eigenvalue weighted by Gasteiger charge is 2.16. The third kappa shape index (κ3) is 5.52. The molecule has 0 radical (unpaired) electrons. The van der Waals surface area contributed by atoms with Crippen LogP contribution in [0.15, 0.2) is 66.9 Å². The molecule has 0 atom stereocenters. The molecular formula is C19H16ClN3O4. The van der Waals surface area contributed by atoms with Crippen molar-refractivity contribution < 1.29 is 14.5 Å². The van der Waals surface area contributed by atoms with E-state index in [0.717, 1.165) is 0 Å². The van der Waals surface area contributed by atoms with E-state index in [1.54, 1.807) is 24.3 Å². The van der Waals surface area contributed by atoms with Crippen molar-refractivity contribution in [1.29, 1.82) is 0 Å². The Bertz CT molecular complexity index is 925. The molecular weight excluding hydrogens is 370 g/mol. The van der Waals surface area contributed by atoms with Crippen LogP contribution in [0.4, 0.5) is 5.69 Å². The summed E-state index contributed by atoms with van der Waals surface area (Å²) in [4.78, 5) is 35.2. The summed E-state index contributed by atoms with van der Waals surface area (Å²) in [6.07, 6.45) is 2.83. The van der Waals surface area contributed by atoms with E-state index in [1.807, 2.05) is 0 Å². The summed E-state index contributed by atoms with van der Waals surface area (Å²) in [6, 6.07) is 12.1.